The van der Waals surface area contributed by atoms with E-state index in [1.807, 2.05) is 19.1 Å². The number of benzene rings is 1. The summed E-state index contributed by atoms with van der Waals surface area (Å²) in [6.07, 6.45) is 0. The second-order valence-electron chi connectivity index (χ2n) is 3.85. The highest BCUT2D eigenvalue weighted by Crippen LogP contribution is 2.32. The van der Waals surface area contributed by atoms with E-state index in [1.165, 1.54) is 0 Å². The molecule has 0 fully saturated rings. The standard InChI is InChI=1S/C12H17N5O2/c1-3-19-8-7-17-12(14-15-16-17)9-5-4-6-10(13)11(9)18-2/h4-6H,3,7-8,13H2,1-2H3. The van der Waals surface area contributed by atoms with Crippen LogP contribution in [0, 0.1) is 0 Å². The van der Waals surface area contributed by atoms with Crippen molar-refractivity contribution in [3.8, 4) is 17.1 Å². The molecule has 2 N–H and O–H groups in total. The Bertz CT molecular complexity index is 541. The van der Waals surface area contributed by atoms with Gasteiger partial charge in [0.05, 0.1) is 31.5 Å². The molecule has 1 heterocycles. The van der Waals surface area contributed by atoms with Crippen molar-refractivity contribution in [2.24, 2.45) is 0 Å². The van der Waals surface area contributed by atoms with Crippen LogP contribution in [0.1, 0.15) is 6.92 Å². The molecule has 7 heteroatoms. The highest BCUT2D eigenvalue weighted by atomic mass is 16.5. The molecule has 0 aliphatic rings. The second-order valence-corrected chi connectivity index (χ2v) is 3.85. The van der Waals surface area contributed by atoms with Crippen LogP contribution in [-0.2, 0) is 11.3 Å². The smallest absolute Gasteiger partial charge is 0.185 e. The van der Waals surface area contributed by atoms with Crippen LogP contribution in [-0.4, -0.2) is 40.5 Å². The molecule has 0 saturated heterocycles. The van der Waals surface area contributed by atoms with Gasteiger partial charge in [0.1, 0.15) is 0 Å². The van der Waals surface area contributed by atoms with Gasteiger partial charge in [-0.3, -0.25) is 0 Å². The van der Waals surface area contributed by atoms with Gasteiger partial charge in [0.25, 0.3) is 0 Å². The summed E-state index contributed by atoms with van der Waals surface area (Å²) in [7, 11) is 1.57. The van der Waals surface area contributed by atoms with Crippen molar-refractivity contribution in [2.75, 3.05) is 26.1 Å². The number of methoxy groups -OCH3 is 1. The van der Waals surface area contributed by atoms with Gasteiger partial charge in [-0.15, -0.1) is 5.10 Å². The molecule has 0 saturated carbocycles. The Balaban J connectivity index is 2.32. The summed E-state index contributed by atoms with van der Waals surface area (Å²) in [4.78, 5) is 0. The summed E-state index contributed by atoms with van der Waals surface area (Å²) in [5.74, 6) is 1.19. The van der Waals surface area contributed by atoms with E-state index in [0.29, 0.717) is 37.0 Å². The van der Waals surface area contributed by atoms with Crippen LogP contribution in [0.15, 0.2) is 18.2 Å². The zero-order chi connectivity index (χ0) is 13.7. The van der Waals surface area contributed by atoms with Crippen LogP contribution in [0.4, 0.5) is 5.69 Å². The average Bonchev–Trinajstić information content (AvgIpc) is 2.87. The van der Waals surface area contributed by atoms with Crippen LogP contribution in [0.25, 0.3) is 11.4 Å². The van der Waals surface area contributed by atoms with Crippen molar-refractivity contribution in [2.45, 2.75) is 13.5 Å². The molecule has 0 atom stereocenters. The Hall–Kier alpha value is -2.15. The molecule has 7 nitrogen and oxygen atoms in total. The summed E-state index contributed by atoms with van der Waals surface area (Å²) in [5, 5.41) is 11.7. The monoisotopic (exact) mass is 263 g/mol. The number of aromatic nitrogens is 4. The molecule has 19 heavy (non-hydrogen) atoms. The number of nitrogens with two attached hydrogens (primary N) is 1. The van der Waals surface area contributed by atoms with E-state index in [0.717, 1.165) is 5.56 Å². The maximum atomic E-state index is 5.88. The van der Waals surface area contributed by atoms with E-state index < -0.39 is 0 Å². The maximum absolute atomic E-state index is 5.88. The summed E-state index contributed by atoms with van der Waals surface area (Å²) in [5.41, 5.74) is 7.20. The van der Waals surface area contributed by atoms with E-state index in [4.69, 9.17) is 15.2 Å². The van der Waals surface area contributed by atoms with Crippen molar-refractivity contribution < 1.29 is 9.47 Å². The third-order valence-electron chi connectivity index (χ3n) is 2.67. The van der Waals surface area contributed by atoms with Crippen LogP contribution >= 0.6 is 0 Å². The van der Waals surface area contributed by atoms with Gasteiger partial charge >= 0.3 is 0 Å². The van der Waals surface area contributed by atoms with Gasteiger partial charge in [0, 0.05) is 6.61 Å². The first-order valence-corrected chi connectivity index (χ1v) is 6.04. The highest BCUT2D eigenvalue weighted by Gasteiger charge is 2.15. The van der Waals surface area contributed by atoms with E-state index >= 15 is 0 Å². The normalized spacial score (nSPS) is 10.6. The van der Waals surface area contributed by atoms with Crippen molar-refractivity contribution in [3.05, 3.63) is 18.2 Å². The number of rotatable bonds is 6. The number of nitrogens with zero attached hydrogens (tertiary/aromatic N) is 4. The minimum atomic E-state index is 0.555. The van der Waals surface area contributed by atoms with E-state index in [1.54, 1.807) is 17.9 Å². The lowest BCUT2D eigenvalue weighted by Crippen LogP contribution is -2.09. The van der Waals surface area contributed by atoms with E-state index in [9.17, 15) is 0 Å². The van der Waals surface area contributed by atoms with Gasteiger partial charge in [-0.25, -0.2) is 4.68 Å². The zero-order valence-corrected chi connectivity index (χ0v) is 11.0. The molecule has 2 rings (SSSR count). The first-order chi connectivity index (χ1) is 9.27. The summed E-state index contributed by atoms with van der Waals surface area (Å²) >= 11 is 0. The SMILES string of the molecule is CCOCCn1nnnc1-c1cccc(N)c1OC. The molecule has 0 radical (unpaired) electrons. The second kappa shape index (κ2) is 6.14. The molecule has 2 aromatic rings. The first kappa shape index (κ1) is 13.3. The van der Waals surface area contributed by atoms with Crippen LogP contribution in [0.5, 0.6) is 5.75 Å². The summed E-state index contributed by atoms with van der Waals surface area (Å²) in [6.45, 7) is 3.74. The Morgan fingerprint density at radius 3 is 2.95 bits per heavy atom. The quantitative estimate of drug-likeness (QED) is 0.617. The minimum absolute atomic E-state index is 0.555. The number of hydrogen-bond donors (Lipinski definition) is 1. The van der Waals surface area contributed by atoms with Gasteiger partial charge in [-0.05, 0) is 29.5 Å². The van der Waals surface area contributed by atoms with Crippen LogP contribution in [0.2, 0.25) is 0 Å². The fourth-order valence-electron chi connectivity index (χ4n) is 1.80. The molecule has 0 spiro atoms. The summed E-state index contributed by atoms with van der Waals surface area (Å²) < 4.78 is 12.3. The maximum Gasteiger partial charge on any atom is 0.185 e. The predicted molar refractivity (Wildman–Crippen MR) is 70.7 cm³/mol. The highest BCUT2D eigenvalue weighted by molar-refractivity contribution is 5.73. The Morgan fingerprint density at radius 2 is 2.21 bits per heavy atom. The number of para-hydroxylation sites is 1. The average molecular weight is 263 g/mol. The zero-order valence-electron chi connectivity index (χ0n) is 11.0. The first-order valence-electron chi connectivity index (χ1n) is 6.04. The van der Waals surface area contributed by atoms with Gasteiger partial charge in [-0.2, -0.15) is 0 Å². The predicted octanol–water partition coefficient (Wildman–Crippen LogP) is 0.967. The molecular formula is C12H17N5O2. The number of anilines is 1. The fraction of sp³-hybridized carbons (Fsp3) is 0.417. The molecule has 1 aromatic heterocycles. The lowest BCUT2D eigenvalue weighted by Gasteiger charge is -2.10. The van der Waals surface area contributed by atoms with Crippen LogP contribution in [0.3, 0.4) is 0 Å². The largest absolute Gasteiger partial charge is 0.494 e. The molecule has 0 amide bonds. The van der Waals surface area contributed by atoms with Crippen molar-refractivity contribution in [3.63, 3.8) is 0 Å². The van der Waals surface area contributed by atoms with Gasteiger partial charge in [-0.1, -0.05) is 6.07 Å². The van der Waals surface area contributed by atoms with Crippen molar-refractivity contribution in [1.82, 2.24) is 20.2 Å². The lowest BCUT2D eigenvalue weighted by atomic mass is 10.1. The molecule has 1 aromatic carbocycles. The molecule has 102 valence electrons. The third kappa shape index (κ3) is 2.82. The number of nitrogen functional groups attached to an aromatic ring is 1. The molecule has 0 unspecified atom stereocenters. The number of hydrogen-bond acceptors (Lipinski definition) is 6. The lowest BCUT2D eigenvalue weighted by molar-refractivity contribution is 0.136. The molecular weight excluding hydrogens is 246 g/mol. The number of tetrazole rings is 1. The van der Waals surface area contributed by atoms with Gasteiger partial charge < -0.3 is 15.2 Å². The molecule has 0 aliphatic heterocycles. The van der Waals surface area contributed by atoms with E-state index in [2.05, 4.69) is 15.5 Å². The van der Waals surface area contributed by atoms with Gasteiger partial charge in [0.15, 0.2) is 11.6 Å². The molecule has 0 bridgehead atoms. The minimum Gasteiger partial charge on any atom is -0.494 e. The Kier molecular flexibility index (Phi) is 4.30. The topological polar surface area (TPSA) is 88.1 Å². The molecule has 0 aliphatic carbocycles. The van der Waals surface area contributed by atoms with Crippen LogP contribution < -0.4 is 10.5 Å². The van der Waals surface area contributed by atoms with Crippen molar-refractivity contribution >= 4 is 5.69 Å². The third-order valence-corrected chi connectivity index (χ3v) is 2.67. The fourth-order valence-corrected chi connectivity index (χ4v) is 1.80. The summed E-state index contributed by atoms with van der Waals surface area (Å²) in [6, 6.07) is 5.49. The van der Waals surface area contributed by atoms with Gasteiger partial charge in [0.2, 0.25) is 0 Å². The Labute approximate surface area is 111 Å². The Morgan fingerprint density at radius 1 is 1.37 bits per heavy atom. The van der Waals surface area contributed by atoms with E-state index in [-0.39, 0.29) is 0 Å². The van der Waals surface area contributed by atoms with Crippen molar-refractivity contribution in [1.29, 1.82) is 0 Å². The number of ether oxygens (including phenoxy) is 2.